The minimum absolute atomic E-state index is 0.0813. The first-order valence-corrected chi connectivity index (χ1v) is 10.0. The SMILES string of the molecule is CCc1ccccc1NC(=O)CNC(=O)c1sc(-c2ccsc2)nc1C. The molecule has 0 saturated heterocycles. The smallest absolute Gasteiger partial charge is 0.263 e. The Kier molecular flexibility index (Phi) is 5.80. The molecule has 3 aromatic rings. The van der Waals surface area contributed by atoms with Crippen molar-refractivity contribution in [3.63, 3.8) is 0 Å². The molecule has 0 unspecified atom stereocenters. The highest BCUT2D eigenvalue weighted by Crippen LogP contribution is 2.29. The summed E-state index contributed by atoms with van der Waals surface area (Å²) in [7, 11) is 0. The van der Waals surface area contributed by atoms with Gasteiger partial charge in [0.1, 0.15) is 9.88 Å². The summed E-state index contributed by atoms with van der Waals surface area (Å²) in [6.07, 6.45) is 0.828. The number of thiophene rings is 1. The molecule has 0 fully saturated rings. The summed E-state index contributed by atoms with van der Waals surface area (Å²) in [5.41, 5.74) is 3.52. The number of carbonyl (C=O) groups is 2. The fourth-order valence-corrected chi connectivity index (χ4v) is 4.20. The average Bonchev–Trinajstić information content (AvgIpc) is 3.29. The van der Waals surface area contributed by atoms with Crippen LogP contribution in [0.4, 0.5) is 5.69 Å². The zero-order chi connectivity index (χ0) is 18.5. The molecule has 0 saturated carbocycles. The number of carbonyl (C=O) groups excluding carboxylic acids is 2. The first-order valence-electron chi connectivity index (χ1n) is 8.24. The van der Waals surface area contributed by atoms with Crippen molar-refractivity contribution in [2.24, 2.45) is 0 Å². The number of para-hydroxylation sites is 1. The number of nitrogens with one attached hydrogen (secondary N) is 2. The summed E-state index contributed by atoms with van der Waals surface area (Å²) in [6, 6.07) is 9.62. The van der Waals surface area contributed by atoms with E-state index in [4.69, 9.17) is 0 Å². The summed E-state index contributed by atoms with van der Waals surface area (Å²) in [4.78, 5) is 29.6. The topological polar surface area (TPSA) is 71.1 Å². The van der Waals surface area contributed by atoms with Gasteiger partial charge < -0.3 is 10.6 Å². The lowest BCUT2D eigenvalue weighted by molar-refractivity contribution is -0.115. The molecule has 0 aliphatic heterocycles. The number of amides is 2. The van der Waals surface area contributed by atoms with Crippen molar-refractivity contribution in [2.75, 3.05) is 11.9 Å². The van der Waals surface area contributed by atoms with Crippen molar-refractivity contribution in [3.05, 3.63) is 57.2 Å². The van der Waals surface area contributed by atoms with Gasteiger partial charge in [0.25, 0.3) is 5.91 Å². The van der Waals surface area contributed by atoms with Crippen LogP contribution in [0.5, 0.6) is 0 Å². The molecule has 0 aliphatic carbocycles. The van der Waals surface area contributed by atoms with Crippen molar-refractivity contribution in [1.82, 2.24) is 10.3 Å². The molecule has 5 nitrogen and oxygen atoms in total. The van der Waals surface area contributed by atoms with E-state index in [2.05, 4.69) is 15.6 Å². The fourth-order valence-electron chi connectivity index (χ4n) is 2.50. The molecule has 2 aromatic heterocycles. The number of thiazole rings is 1. The highest BCUT2D eigenvalue weighted by atomic mass is 32.1. The molecule has 2 heterocycles. The lowest BCUT2D eigenvalue weighted by atomic mass is 10.1. The van der Waals surface area contributed by atoms with Crippen molar-refractivity contribution in [3.8, 4) is 10.6 Å². The van der Waals surface area contributed by atoms with E-state index in [9.17, 15) is 9.59 Å². The van der Waals surface area contributed by atoms with E-state index in [1.807, 2.05) is 48.0 Å². The van der Waals surface area contributed by atoms with Gasteiger partial charge in [0.2, 0.25) is 5.91 Å². The lowest BCUT2D eigenvalue weighted by Crippen LogP contribution is -2.33. The zero-order valence-electron chi connectivity index (χ0n) is 14.5. The van der Waals surface area contributed by atoms with Crippen molar-refractivity contribution < 1.29 is 9.59 Å². The van der Waals surface area contributed by atoms with Crippen LogP contribution in [0, 0.1) is 6.92 Å². The van der Waals surface area contributed by atoms with Gasteiger partial charge in [-0.05, 0) is 36.4 Å². The number of aromatic nitrogens is 1. The third-order valence-electron chi connectivity index (χ3n) is 3.85. The molecule has 7 heteroatoms. The second-order valence-electron chi connectivity index (χ2n) is 5.69. The average molecular weight is 386 g/mol. The largest absolute Gasteiger partial charge is 0.342 e. The van der Waals surface area contributed by atoms with E-state index in [1.54, 1.807) is 18.3 Å². The lowest BCUT2D eigenvalue weighted by Gasteiger charge is -2.10. The Labute approximate surface area is 160 Å². The monoisotopic (exact) mass is 385 g/mol. The van der Waals surface area contributed by atoms with Gasteiger partial charge in [0.15, 0.2) is 0 Å². The number of hydrogen-bond acceptors (Lipinski definition) is 5. The highest BCUT2D eigenvalue weighted by Gasteiger charge is 2.17. The molecular formula is C19H19N3O2S2. The fraction of sp³-hybridized carbons (Fsp3) is 0.211. The molecule has 3 rings (SSSR count). The van der Waals surface area contributed by atoms with Gasteiger partial charge in [-0.1, -0.05) is 25.1 Å². The van der Waals surface area contributed by atoms with E-state index < -0.39 is 0 Å². The first kappa shape index (κ1) is 18.3. The van der Waals surface area contributed by atoms with Gasteiger partial charge >= 0.3 is 0 Å². The minimum atomic E-state index is -0.277. The Morgan fingerprint density at radius 3 is 2.73 bits per heavy atom. The molecule has 26 heavy (non-hydrogen) atoms. The zero-order valence-corrected chi connectivity index (χ0v) is 16.2. The first-order chi connectivity index (χ1) is 12.6. The van der Waals surface area contributed by atoms with E-state index >= 15 is 0 Å². The molecule has 0 aliphatic rings. The van der Waals surface area contributed by atoms with Crippen LogP contribution in [-0.4, -0.2) is 23.3 Å². The van der Waals surface area contributed by atoms with Crippen LogP contribution in [0.2, 0.25) is 0 Å². The molecule has 0 spiro atoms. The molecule has 2 N–H and O–H groups in total. The predicted molar refractivity (Wildman–Crippen MR) is 107 cm³/mol. The second-order valence-corrected chi connectivity index (χ2v) is 7.47. The van der Waals surface area contributed by atoms with Crippen molar-refractivity contribution in [2.45, 2.75) is 20.3 Å². The van der Waals surface area contributed by atoms with Gasteiger partial charge in [-0.3, -0.25) is 9.59 Å². The van der Waals surface area contributed by atoms with Crippen LogP contribution in [0.1, 0.15) is 27.9 Å². The van der Waals surface area contributed by atoms with E-state index in [0.717, 1.165) is 28.2 Å². The third-order valence-corrected chi connectivity index (χ3v) is 5.74. The Hall–Kier alpha value is -2.51. The summed E-state index contributed by atoms with van der Waals surface area (Å²) in [5, 5.41) is 10.3. The number of anilines is 1. The van der Waals surface area contributed by atoms with Gasteiger partial charge in [-0.25, -0.2) is 4.98 Å². The Bertz CT molecular complexity index is 917. The number of hydrogen-bond donors (Lipinski definition) is 2. The Morgan fingerprint density at radius 1 is 1.19 bits per heavy atom. The number of benzene rings is 1. The highest BCUT2D eigenvalue weighted by molar-refractivity contribution is 7.17. The third kappa shape index (κ3) is 4.17. The summed E-state index contributed by atoms with van der Waals surface area (Å²) >= 11 is 2.93. The normalized spacial score (nSPS) is 10.5. The van der Waals surface area contributed by atoms with Crippen LogP contribution in [0.25, 0.3) is 10.6 Å². The maximum Gasteiger partial charge on any atom is 0.263 e. The molecule has 0 bridgehead atoms. The van der Waals surface area contributed by atoms with Crippen LogP contribution in [0.3, 0.4) is 0 Å². The van der Waals surface area contributed by atoms with Crippen LogP contribution >= 0.6 is 22.7 Å². The van der Waals surface area contributed by atoms with Crippen LogP contribution < -0.4 is 10.6 Å². The van der Waals surface area contributed by atoms with Gasteiger partial charge in [0.05, 0.1) is 12.2 Å². The van der Waals surface area contributed by atoms with E-state index in [1.165, 1.54) is 11.3 Å². The molecule has 134 valence electrons. The Morgan fingerprint density at radius 2 is 2.00 bits per heavy atom. The predicted octanol–water partition coefficient (Wildman–Crippen LogP) is 4.11. The number of aryl methyl sites for hydroxylation is 2. The maximum atomic E-state index is 12.4. The standard InChI is InChI=1S/C19H19N3O2S2/c1-3-13-6-4-5-7-15(13)22-16(23)10-20-18(24)17-12(2)21-19(26-17)14-8-9-25-11-14/h4-9,11H,3,10H2,1-2H3,(H,20,24)(H,22,23). The van der Waals surface area contributed by atoms with E-state index in [-0.39, 0.29) is 18.4 Å². The molecular weight excluding hydrogens is 366 g/mol. The quantitative estimate of drug-likeness (QED) is 0.671. The van der Waals surface area contributed by atoms with Gasteiger partial charge in [0, 0.05) is 16.6 Å². The molecule has 1 aromatic carbocycles. The molecule has 0 radical (unpaired) electrons. The van der Waals surface area contributed by atoms with E-state index in [0.29, 0.717) is 10.6 Å². The van der Waals surface area contributed by atoms with Gasteiger partial charge in [-0.15, -0.1) is 11.3 Å². The van der Waals surface area contributed by atoms with Crippen LogP contribution in [-0.2, 0) is 11.2 Å². The van der Waals surface area contributed by atoms with Crippen LogP contribution in [0.15, 0.2) is 41.1 Å². The van der Waals surface area contributed by atoms with Crippen molar-refractivity contribution >= 4 is 40.2 Å². The summed E-state index contributed by atoms with van der Waals surface area (Å²) < 4.78 is 0. The van der Waals surface area contributed by atoms with Crippen molar-refractivity contribution in [1.29, 1.82) is 0 Å². The number of rotatable bonds is 6. The van der Waals surface area contributed by atoms with Gasteiger partial charge in [-0.2, -0.15) is 11.3 Å². The Balaban J connectivity index is 1.61. The minimum Gasteiger partial charge on any atom is -0.342 e. The second kappa shape index (κ2) is 8.25. The number of nitrogens with zero attached hydrogens (tertiary/aromatic N) is 1. The molecule has 0 atom stereocenters. The summed E-state index contributed by atoms with van der Waals surface area (Å²) in [5.74, 6) is -0.528. The summed E-state index contributed by atoms with van der Waals surface area (Å²) in [6.45, 7) is 3.76. The maximum absolute atomic E-state index is 12.4. The molecule has 2 amide bonds.